The minimum Gasteiger partial charge on any atom is -0.496 e. The van der Waals surface area contributed by atoms with Crippen LogP contribution >= 0.6 is 11.8 Å². The lowest BCUT2D eigenvalue weighted by Crippen LogP contribution is -2.25. The van der Waals surface area contributed by atoms with Crippen molar-refractivity contribution in [2.24, 2.45) is 0 Å². The van der Waals surface area contributed by atoms with Crippen molar-refractivity contribution in [3.63, 3.8) is 0 Å². The number of hydrogen-bond acceptors (Lipinski definition) is 4. The van der Waals surface area contributed by atoms with Crippen LogP contribution in [0.2, 0.25) is 0 Å². The monoisotopic (exact) mass is 357 g/mol. The first-order valence-electron chi connectivity index (χ1n) is 8.08. The highest BCUT2D eigenvalue weighted by atomic mass is 32.2. The van der Waals surface area contributed by atoms with Gasteiger partial charge in [0.15, 0.2) is 5.78 Å². The maximum Gasteiger partial charge on any atom is 0.230 e. The average molecular weight is 357 g/mol. The second kappa shape index (κ2) is 9.28. The molecule has 0 aliphatic heterocycles. The number of thioether (sulfide) groups is 1. The number of methoxy groups -OCH3 is 1. The van der Waals surface area contributed by atoms with Crippen molar-refractivity contribution in [2.75, 3.05) is 12.9 Å². The number of amides is 1. The number of ketones is 1. The number of aryl methyl sites for hydroxylation is 1. The molecule has 0 spiro atoms. The molecule has 5 heteroatoms. The molecule has 0 bridgehead atoms. The van der Waals surface area contributed by atoms with E-state index in [0.717, 1.165) is 16.9 Å². The van der Waals surface area contributed by atoms with Gasteiger partial charge in [-0.15, -0.1) is 11.8 Å². The largest absolute Gasteiger partial charge is 0.496 e. The van der Waals surface area contributed by atoms with Crippen molar-refractivity contribution in [2.45, 2.75) is 26.1 Å². The third-order valence-electron chi connectivity index (χ3n) is 3.91. The summed E-state index contributed by atoms with van der Waals surface area (Å²) >= 11 is 1.50. The van der Waals surface area contributed by atoms with Gasteiger partial charge in [0, 0.05) is 23.4 Å². The summed E-state index contributed by atoms with van der Waals surface area (Å²) in [4.78, 5) is 23.5. The molecule has 0 unspecified atom stereocenters. The van der Waals surface area contributed by atoms with Crippen LogP contribution in [0.5, 0.6) is 5.75 Å². The molecule has 0 aromatic heterocycles. The molecule has 0 atom stereocenters. The van der Waals surface area contributed by atoms with E-state index in [2.05, 4.69) is 5.32 Å². The van der Waals surface area contributed by atoms with E-state index in [1.165, 1.54) is 24.2 Å². The Kier molecular flexibility index (Phi) is 7.07. The lowest BCUT2D eigenvalue weighted by Gasteiger charge is -2.10. The van der Waals surface area contributed by atoms with Crippen molar-refractivity contribution < 1.29 is 14.3 Å². The van der Waals surface area contributed by atoms with Gasteiger partial charge >= 0.3 is 0 Å². The SMILES string of the molecule is COc1ccc(C(C)=O)cc1CSCC(=O)NCc1ccccc1C. The zero-order valence-electron chi connectivity index (χ0n) is 14.8. The van der Waals surface area contributed by atoms with Gasteiger partial charge in [0.1, 0.15) is 5.75 Å². The summed E-state index contributed by atoms with van der Waals surface area (Å²) < 4.78 is 5.33. The number of carbonyl (C=O) groups is 2. The number of Topliss-reactive ketones (excluding diaryl/α,β-unsaturated/α-hetero) is 1. The normalized spacial score (nSPS) is 10.4. The fraction of sp³-hybridized carbons (Fsp3) is 0.300. The number of benzene rings is 2. The second-order valence-electron chi connectivity index (χ2n) is 5.78. The summed E-state index contributed by atoms with van der Waals surface area (Å²) in [5.41, 5.74) is 3.87. The van der Waals surface area contributed by atoms with Gasteiger partial charge in [-0.3, -0.25) is 9.59 Å². The van der Waals surface area contributed by atoms with Crippen molar-refractivity contribution in [3.8, 4) is 5.75 Å². The molecule has 2 rings (SSSR count). The molecule has 0 heterocycles. The molecule has 1 amide bonds. The van der Waals surface area contributed by atoms with Gasteiger partial charge < -0.3 is 10.1 Å². The zero-order valence-corrected chi connectivity index (χ0v) is 15.6. The van der Waals surface area contributed by atoms with Crippen LogP contribution in [0.15, 0.2) is 42.5 Å². The Labute approximate surface area is 153 Å². The van der Waals surface area contributed by atoms with Crippen LogP contribution in [0.3, 0.4) is 0 Å². The van der Waals surface area contributed by atoms with Gasteiger partial charge in [-0.2, -0.15) is 0 Å². The number of carbonyl (C=O) groups excluding carboxylic acids is 2. The Morgan fingerprint density at radius 2 is 1.88 bits per heavy atom. The van der Waals surface area contributed by atoms with Crippen molar-refractivity contribution in [1.82, 2.24) is 5.32 Å². The van der Waals surface area contributed by atoms with Crippen LogP contribution < -0.4 is 10.1 Å². The summed E-state index contributed by atoms with van der Waals surface area (Å²) in [6.07, 6.45) is 0. The highest BCUT2D eigenvalue weighted by molar-refractivity contribution is 7.99. The molecule has 132 valence electrons. The molecular formula is C20H23NO3S. The predicted octanol–water partition coefficient (Wildman–Crippen LogP) is 3.76. The molecule has 2 aromatic rings. The average Bonchev–Trinajstić information content (AvgIpc) is 2.61. The standard InChI is InChI=1S/C20H23NO3S/c1-14-6-4-5-7-17(14)11-21-20(23)13-25-12-18-10-16(15(2)22)8-9-19(18)24-3/h4-10H,11-13H2,1-3H3,(H,21,23). The van der Waals surface area contributed by atoms with E-state index >= 15 is 0 Å². The van der Waals surface area contributed by atoms with Crippen molar-refractivity contribution in [3.05, 3.63) is 64.7 Å². The van der Waals surface area contributed by atoms with Gasteiger partial charge in [-0.05, 0) is 43.2 Å². The molecule has 25 heavy (non-hydrogen) atoms. The molecular weight excluding hydrogens is 334 g/mol. The molecule has 0 saturated carbocycles. The Balaban J connectivity index is 1.85. The lowest BCUT2D eigenvalue weighted by molar-refractivity contribution is -0.118. The van der Waals surface area contributed by atoms with Gasteiger partial charge in [-0.1, -0.05) is 24.3 Å². The van der Waals surface area contributed by atoms with Crippen LogP contribution in [0.1, 0.15) is 34.0 Å². The molecule has 4 nitrogen and oxygen atoms in total. The fourth-order valence-electron chi connectivity index (χ4n) is 2.42. The molecule has 0 radical (unpaired) electrons. The number of nitrogens with one attached hydrogen (secondary N) is 1. The van der Waals surface area contributed by atoms with Crippen LogP contribution in [0, 0.1) is 6.92 Å². The summed E-state index contributed by atoms with van der Waals surface area (Å²) in [6, 6.07) is 13.4. The highest BCUT2D eigenvalue weighted by Crippen LogP contribution is 2.24. The van der Waals surface area contributed by atoms with Crippen molar-refractivity contribution >= 4 is 23.5 Å². The number of ether oxygens (including phenoxy) is 1. The van der Waals surface area contributed by atoms with Crippen LogP contribution in [-0.4, -0.2) is 24.6 Å². The Morgan fingerprint density at radius 3 is 2.56 bits per heavy atom. The summed E-state index contributed by atoms with van der Waals surface area (Å²) in [5.74, 6) is 1.72. The van der Waals surface area contributed by atoms with Crippen LogP contribution in [-0.2, 0) is 17.1 Å². The summed E-state index contributed by atoms with van der Waals surface area (Å²) in [5, 5.41) is 2.94. The number of rotatable bonds is 8. The van der Waals surface area contributed by atoms with E-state index in [-0.39, 0.29) is 11.7 Å². The van der Waals surface area contributed by atoms with Gasteiger partial charge in [0.2, 0.25) is 5.91 Å². The minimum absolute atomic E-state index is 0.00468. The molecule has 1 N–H and O–H groups in total. The lowest BCUT2D eigenvalue weighted by atomic mass is 10.1. The van der Waals surface area contributed by atoms with Crippen molar-refractivity contribution in [1.29, 1.82) is 0 Å². The molecule has 2 aromatic carbocycles. The molecule has 0 saturated heterocycles. The predicted molar refractivity (Wildman–Crippen MR) is 102 cm³/mol. The smallest absolute Gasteiger partial charge is 0.230 e. The summed E-state index contributed by atoms with van der Waals surface area (Å²) in [7, 11) is 1.60. The third kappa shape index (κ3) is 5.64. The minimum atomic E-state index is -0.00468. The maximum absolute atomic E-state index is 12.0. The van der Waals surface area contributed by atoms with Crippen LogP contribution in [0.25, 0.3) is 0 Å². The van der Waals surface area contributed by atoms with Gasteiger partial charge in [0.25, 0.3) is 0 Å². The zero-order chi connectivity index (χ0) is 18.2. The van der Waals surface area contributed by atoms with Gasteiger partial charge in [0.05, 0.1) is 12.9 Å². The first kappa shape index (κ1) is 19.1. The fourth-order valence-corrected chi connectivity index (χ4v) is 3.25. The molecule has 0 fully saturated rings. The Morgan fingerprint density at radius 1 is 1.12 bits per heavy atom. The Hall–Kier alpha value is -2.27. The molecule has 0 aliphatic carbocycles. The maximum atomic E-state index is 12.0. The van der Waals surface area contributed by atoms with E-state index in [1.807, 2.05) is 37.3 Å². The summed E-state index contributed by atoms with van der Waals surface area (Å²) in [6.45, 7) is 4.11. The highest BCUT2D eigenvalue weighted by Gasteiger charge is 2.09. The Bertz CT molecular complexity index is 758. The van der Waals surface area contributed by atoms with Crippen LogP contribution in [0.4, 0.5) is 0 Å². The van der Waals surface area contributed by atoms with Gasteiger partial charge in [-0.25, -0.2) is 0 Å². The van der Waals surface area contributed by atoms with E-state index in [4.69, 9.17) is 4.74 Å². The molecule has 0 aliphatic rings. The number of hydrogen-bond donors (Lipinski definition) is 1. The van der Waals surface area contributed by atoms with E-state index in [9.17, 15) is 9.59 Å². The first-order valence-corrected chi connectivity index (χ1v) is 9.23. The third-order valence-corrected chi connectivity index (χ3v) is 4.90. The first-order chi connectivity index (χ1) is 12.0. The second-order valence-corrected chi connectivity index (χ2v) is 6.76. The van der Waals surface area contributed by atoms with E-state index in [1.54, 1.807) is 19.2 Å². The topological polar surface area (TPSA) is 55.4 Å². The quantitative estimate of drug-likeness (QED) is 0.731. The van der Waals surface area contributed by atoms with E-state index in [0.29, 0.717) is 23.6 Å². The van der Waals surface area contributed by atoms with E-state index < -0.39 is 0 Å².